The van der Waals surface area contributed by atoms with E-state index in [0.717, 1.165) is 12.8 Å². The van der Waals surface area contributed by atoms with Crippen molar-refractivity contribution in [2.75, 3.05) is 13.1 Å². The van der Waals surface area contributed by atoms with Crippen LogP contribution >= 0.6 is 0 Å². The third kappa shape index (κ3) is 4.53. The average molecular weight is 282 g/mol. The zero-order valence-corrected chi connectivity index (χ0v) is 11.4. The molecular weight excluding hydrogens is 264 g/mol. The number of sulfonamides is 1. The van der Waals surface area contributed by atoms with E-state index in [-0.39, 0.29) is 11.4 Å². The molecule has 0 bridgehead atoms. The molecule has 0 amide bonds. The normalized spacial score (nSPS) is 16.3. The number of benzene rings is 1. The maximum Gasteiger partial charge on any atom is 0.240 e. The molecule has 0 unspecified atom stereocenters. The van der Waals surface area contributed by atoms with E-state index in [4.69, 9.17) is 5.73 Å². The van der Waals surface area contributed by atoms with Gasteiger partial charge in [-0.2, -0.15) is 0 Å². The van der Waals surface area contributed by atoms with Crippen molar-refractivity contribution in [3.63, 3.8) is 0 Å². The highest BCUT2D eigenvalue weighted by Crippen LogP contribution is 2.17. The van der Waals surface area contributed by atoms with E-state index in [2.05, 4.69) is 15.0 Å². The second-order valence-electron chi connectivity index (χ2n) is 4.40. The Morgan fingerprint density at radius 2 is 2.00 bits per heavy atom. The molecule has 2 rings (SSSR count). The van der Waals surface area contributed by atoms with E-state index in [0.29, 0.717) is 18.5 Å². The molecule has 0 atom stereocenters. The highest BCUT2D eigenvalue weighted by atomic mass is 32.2. The molecule has 7 heteroatoms. The maximum atomic E-state index is 11.9. The van der Waals surface area contributed by atoms with E-state index in [1.165, 1.54) is 0 Å². The molecule has 0 saturated heterocycles. The van der Waals surface area contributed by atoms with Crippen LogP contribution in [0.2, 0.25) is 0 Å². The summed E-state index contributed by atoms with van der Waals surface area (Å²) in [6.45, 7) is 0.544. The number of nitrogens with zero attached hydrogens (tertiary/aromatic N) is 1. The van der Waals surface area contributed by atoms with Crippen LogP contribution in [0.15, 0.2) is 40.2 Å². The summed E-state index contributed by atoms with van der Waals surface area (Å²) in [5.74, 6) is 0.376. The molecule has 1 saturated carbocycles. The molecule has 4 N–H and O–H groups in total. The minimum absolute atomic E-state index is 0.226. The van der Waals surface area contributed by atoms with Crippen LogP contribution in [0.25, 0.3) is 0 Å². The van der Waals surface area contributed by atoms with Crippen LogP contribution in [0.4, 0.5) is 0 Å². The molecule has 1 aromatic rings. The quantitative estimate of drug-likeness (QED) is 0.390. The zero-order valence-electron chi connectivity index (χ0n) is 10.5. The number of nitrogens with two attached hydrogens (primary N) is 1. The monoisotopic (exact) mass is 282 g/mol. The fourth-order valence-corrected chi connectivity index (χ4v) is 2.56. The number of hydrogen-bond donors (Lipinski definition) is 3. The van der Waals surface area contributed by atoms with Gasteiger partial charge in [0.05, 0.1) is 11.4 Å². The molecule has 1 fully saturated rings. The molecule has 1 aliphatic rings. The first-order valence-electron chi connectivity index (χ1n) is 6.19. The van der Waals surface area contributed by atoms with Gasteiger partial charge in [-0.1, -0.05) is 18.2 Å². The lowest BCUT2D eigenvalue weighted by Gasteiger charge is -2.06. The molecule has 0 aromatic heterocycles. The van der Waals surface area contributed by atoms with Crippen LogP contribution < -0.4 is 15.8 Å². The van der Waals surface area contributed by atoms with Crippen LogP contribution in [0.3, 0.4) is 0 Å². The molecule has 0 aliphatic heterocycles. The van der Waals surface area contributed by atoms with Gasteiger partial charge in [-0.05, 0) is 25.0 Å². The lowest BCUT2D eigenvalue weighted by molar-refractivity contribution is 0.582. The van der Waals surface area contributed by atoms with Gasteiger partial charge in [0.1, 0.15) is 0 Å². The summed E-state index contributed by atoms with van der Waals surface area (Å²) in [4.78, 5) is 4.31. The molecule has 19 heavy (non-hydrogen) atoms. The van der Waals surface area contributed by atoms with Crippen molar-refractivity contribution in [1.82, 2.24) is 10.0 Å². The Kier molecular flexibility index (Phi) is 4.39. The first kappa shape index (κ1) is 13.8. The van der Waals surface area contributed by atoms with Crippen LogP contribution in [-0.4, -0.2) is 33.5 Å². The second kappa shape index (κ2) is 6.03. The van der Waals surface area contributed by atoms with Gasteiger partial charge in [-0.15, -0.1) is 0 Å². The van der Waals surface area contributed by atoms with Gasteiger partial charge < -0.3 is 11.1 Å². The van der Waals surface area contributed by atoms with Crippen molar-refractivity contribution in [2.24, 2.45) is 10.7 Å². The number of rotatable bonds is 6. The third-order valence-corrected chi connectivity index (χ3v) is 4.15. The molecule has 1 aliphatic carbocycles. The fourth-order valence-electron chi connectivity index (χ4n) is 1.52. The lowest BCUT2D eigenvalue weighted by atomic mass is 10.4. The molecule has 104 valence electrons. The highest BCUT2D eigenvalue weighted by Gasteiger charge is 2.21. The summed E-state index contributed by atoms with van der Waals surface area (Å²) in [6.07, 6.45) is 2.24. The standard InChI is InChI=1S/C12H18N4O2S/c13-12(16-10-6-7-10)14-8-9-15-19(17,18)11-4-2-1-3-5-11/h1-5,10,15H,6-9H2,(H3,13,14,16). The summed E-state index contributed by atoms with van der Waals surface area (Å²) in [5, 5.41) is 3.03. The van der Waals surface area contributed by atoms with Crippen LogP contribution in [0, 0.1) is 0 Å². The molecular formula is C12H18N4O2S. The fraction of sp³-hybridized carbons (Fsp3) is 0.417. The summed E-state index contributed by atoms with van der Waals surface area (Å²) in [6, 6.07) is 8.69. The Morgan fingerprint density at radius 1 is 1.32 bits per heavy atom. The van der Waals surface area contributed by atoms with Crippen molar-refractivity contribution in [1.29, 1.82) is 0 Å². The van der Waals surface area contributed by atoms with Gasteiger partial charge >= 0.3 is 0 Å². The predicted octanol–water partition coefficient (Wildman–Crippen LogP) is 0.0316. The molecule has 0 heterocycles. The SMILES string of the molecule is NC(=NCCNS(=O)(=O)c1ccccc1)NC1CC1. The first-order valence-corrected chi connectivity index (χ1v) is 7.67. The van der Waals surface area contributed by atoms with Crippen LogP contribution in [0.5, 0.6) is 0 Å². The number of guanidine groups is 1. The average Bonchev–Trinajstić information content (AvgIpc) is 3.20. The number of hydrogen-bond acceptors (Lipinski definition) is 3. The van der Waals surface area contributed by atoms with Gasteiger partial charge in [-0.25, -0.2) is 13.1 Å². The zero-order chi connectivity index (χ0) is 13.7. The summed E-state index contributed by atoms with van der Waals surface area (Å²) >= 11 is 0. The predicted molar refractivity (Wildman–Crippen MR) is 74.3 cm³/mol. The van der Waals surface area contributed by atoms with Gasteiger partial charge in [0.15, 0.2) is 5.96 Å². The Hall–Kier alpha value is -1.60. The van der Waals surface area contributed by atoms with E-state index in [1.54, 1.807) is 30.3 Å². The largest absolute Gasteiger partial charge is 0.370 e. The van der Waals surface area contributed by atoms with Crippen molar-refractivity contribution in [3.05, 3.63) is 30.3 Å². The second-order valence-corrected chi connectivity index (χ2v) is 6.16. The molecule has 0 spiro atoms. The van der Waals surface area contributed by atoms with Gasteiger partial charge in [0.2, 0.25) is 10.0 Å². The Labute approximate surface area is 113 Å². The third-order valence-electron chi connectivity index (χ3n) is 2.67. The van der Waals surface area contributed by atoms with E-state index >= 15 is 0 Å². The summed E-state index contributed by atoms with van der Waals surface area (Å²) in [5.41, 5.74) is 5.64. The lowest BCUT2D eigenvalue weighted by Crippen LogP contribution is -2.34. The van der Waals surface area contributed by atoms with E-state index in [1.807, 2.05) is 0 Å². The topological polar surface area (TPSA) is 96.6 Å². The van der Waals surface area contributed by atoms with Crippen molar-refractivity contribution < 1.29 is 8.42 Å². The van der Waals surface area contributed by atoms with Gasteiger partial charge in [0, 0.05) is 12.6 Å². The highest BCUT2D eigenvalue weighted by molar-refractivity contribution is 7.89. The van der Waals surface area contributed by atoms with Crippen molar-refractivity contribution in [3.8, 4) is 0 Å². The first-order chi connectivity index (χ1) is 9.08. The maximum absolute atomic E-state index is 11.9. The summed E-state index contributed by atoms with van der Waals surface area (Å²) < 4.78 is 26.2. The minimum Gasteiger partial charge on any atom is -0.370 e. The Morgan fingerprint density at radius 3 is 2.63 bits per heavy atom. The molecule has 1 aromatic carbocycles. The van der Waals surface area contributed by atoms with E-state index in [9.17, 15) is 8.42 Å². The van der Waals surface area contributed by atoms with Crippen molar-refractivity contribution in [2.45, 2.75) is 23.8 Å². The van der Waals surface area contributed by atoms with E-state index < -0.39 is 10.0 Å². The molecule has 0 radical (unpaired) electrons. The minimum atomic E-state index is -3.45. The van der Waals surface area contributed by atoms with Crippen molar-refractivity contribution >= 4 is 16.0 Å². The number of nitrogens with one attached hydrogen (secondary N) is 2. The molecule has 6 nitrogen and oxygen atoms in total. The van der Waals surface area contributed by atoms with Crippen LogP contribution in [-0.2, 0) is 10.0 Å². The van der Waals surface area contributed by atoms with Gasteiger partial charge in [0.25, 0.3) is 0 Å². The van der Waals surface area contributed by atoms with Crippen LogP contribution in [0.1, 0.15) is 12.8 Å². The summed E-state index contributed by atoms with van der Waals surface area (Å²) in [7, 11) is -3.45. The smallest absolute Gasteiger partial charge is 0.240 e. The number of aliphatic imine (C=N–C) groups is 1. The Balaban J connectivity index is 1.78. The van der Waals surface area contributed by atoms with Gasteiger partial charge in [-0.3, -0.25) is 4.99 Å². The Bertz CT molecular complexity index is 538.